The molecular weight excluding hydrogens is 300 g/mol. The van der Waals surface area contributed by atoms with Crippen LogP contribution in [0.4, 0.5) is 0 Å². The van der Waals surface area contributed by atoms with Crippen molar-refractivity contribution >= 4 is 10.0 Å². The van der Waals surface area contributed by atoms with Gasteiger partial charge in [-0.1, -0.05) is 30.3 Å². The Morgan fingerprint density at radius 3 is 2.73 bits per heavy atom. The molecule has 3 rings (SSSR count). The van der Waals surface area contributed by atoms with Gasteiger partial charge < -0.3 is 10.1 Å². The van der Waals surface area contributed by atoms with E-state index in [4.69, 9.17) is 4.74 Å². The van der Waals surface area contributed by atoms with Crippen molar-refractivity contribution in [2.24, 2.45) is 0 Å². The van der Waals surface area contributed by atoms with Gasteiger partial charge in [-0.3, -0.25) is 0 Å². The van der Waals surface area contributed by atoms with Crippen LogP contribution in [0.15, 0.2) is 47.4 Å². The molecule has 0 aromatic heterocycles. The van der Waals surface area contributed by atoms with Crippen LogP contribution in [0.5, 0.6) is 5.75 Å². The SMILES string of the molecule is COc1ccccc1S(=O)(=O)NCc1ccc2c(c1)CNC2. The highest BCUT2D eigenvalue weighted by atomic mass is 32.2. The Labute approximate surface area is 130 Å². The van der Waals surface area contributed by atoms with Gasteiger partial charge in [-0.25, -0.2) is 13.1 Å². The summed E-state index contributed by atoms with van der Waals surface area (Å²) in [5.74, 6) is 0.341. The Kier molecular flexibility index (Phi) is 4.15. The lowest BCUT2D eigenvalue weighted by Crippen LogP contribution is -2.23. The molecule has 1 heterocycles. The highest BCUT2D eigenvalue weighted by Crippen LogP contribution is 2.23. The van der Waals surface area contributed by atoms with Gasteiger partial charge in [0.1, 0.15) is 10.6 Å². The number of nitrogens with one attached hydrogen (secondary N) is 2. The Morgan fingerprint density at radius 2 is 1.91 bits per heavy atom. The minimum Gasteiger partial charge on any atom is -0.495 e. The van der Waals surface area contributed by atoms with Crippen LogP contribution >= 0.6 is 0 Å². The van der Waals surface area contributed by atoms with Gasteiger partial charge in [-0.15, -0.1) is 0 Å². The van der Waals surface area contributed by atoms with E-state index >= 15 is 0 Å². The predicted octanol–water partition coefficient (Wildman–Crippen LogP) is 1.78. The van der Waals surface area contributed by atoms with E-state index in [0.717, 1.165) is 18.7 Å². The number of hydrogen-bond acceptors (Lipinski definition) is 4. The fourth-order valence-electron chi connectivity index (χ4n) is 2.55. The number of fused-ring (bicyclic) bond motifs is 1. The molecule has 1 aliphatic rings. The summed E-state index contributed by atoms with van der Waals surface area (Å²) in [5, 5.41) is 3.27. The fraction of sp³-hybridized carbons (Fsp3) is 0.250. The number of sulfonamides is 1. The molecule has 2 aromatic rings. The first-order valence-electron chi connectivity index (χ1n) is 7.04. The smallest absolute Gasteiger partial charge is 0.244 e. The van der Waals surface area contributed by atoms with E-state index in [1.54, 1.807) is 18.2 Å². The molecule has 6 heteroatoms. The maximum atomic E-state index is 12.4. The zero-order valence-corrected chi connectivity index (χ0v) is 13.1. The van der Waals surface area contributed by atoms with Crippen LogP contribution in [-0.4, -0.2) is 15.5 Å². The lowest BCUT2D eigenvalue weighted by Gasteiger charge is -2.11. The second-order valence-electron chi connectivity index (χ2n) is 5.18. The highest BCUT2D eigenvalue weighted by Gasteiger charge is 2.19. The number of para-hydroxylation sites is 1. The van der Waals surface area contributed by atoms with Crippen molar-refractivity contribution in [3.63, 3.8) is 0 Å². The Balaban J connectivity index is 1.78. The van der Waals surface area contributed by atoms with Crippen molar-refractivity contribution < 1.29 is 13.2 Å². The fourth-order valence-corrected chi connectivity index (χ4v) is 3.74. The van der Waals surface area contributed by atoms with Crippen molar-refractivity contribution in [3.05, 3.63) is 59.2 Å². The van der Waals surface area contributed by atoms with Crippen molar-refractivity contribution in [2.75, 3.05) is 7.11 Å². The average Bonchev–Trinajstić information content (AvgIpc) is 3.00. The van der Waals surface area contributed by atoms with Gasteiger partial charge in [0.25, 0.3) is 0 Å². The van der Waals surface area contributed by atoms with Crippen LogP contribution in [-0.2, 0) is 29.7 Å². The van der Waals surface area contributed by atoms with E-state index in [1.807, 2.05) is 18.2 Å². The zero-order chi connectivity index (χ0) is 15.6. The third kappa shape index (κ3) is 2.99. The molecule has 0 spiro atoms. The summed E-state index contributed by atoms with van der Waals surface area (Å²) in [6.45, 7) is 1.97. The second-order valence-corrected chi connectivity index (χ2v) is 6.92. The van der Waals surface area contributed by atoms with E-state index < -0.39 is 10.0 Å². The molecule has 2 aromatic carbocycles. The summed E-state index contributed by atoms with van der Waals surface area (Å²) in [4.78, 5) is 0.153. The number of hydrogen-bond donors (Lipinski definition) is 2. The van der Waals surface area contributed by atoms with Crippen molar-refractivity contribution in [3.8, 4) is 5.75 Å². The molecule has 116 valence electrons. The normalized spacial score (nSPS) is 13.9. The molecule has 0 saturated carbocycles. The van der Waals surface area contributed by atoms with Gasteiger partial charge in [0.05, 0.1) is 7.11 Å². The van der Waals surface area contributed by atoms with E-state index in [-0.39, 0.29) is 11.4 Å². The third-order valence-corrected chi connectivity index (χ3v) is 5.17. The maximum absolute atomic E-state index is 12.4. The molecule has 0 aliphatic carbocycles. The second kappa shape index (κ2) is 6.08. The maximum Gasteiger partial charge on any atom is 0.244 e. The third-order valence-electron chi connectivity index (χ3n) is 3.73. The molecule has 2 N–H and O–H groups in total. The minimum atomic E-state index is -3.61. The van der Waals surface area contributed by atoms with Gasteiger partial charge in [-0.2, -0.15) is 0 Å². The van der Waals surface area contributed by atoms with Crippen LogP contribution in [0.25, 0.3) is 0 Å². The van der Waals surface area contributed by atoms with Gasteiger partial charge >= 0.3 is 0 Å². The number of rotatable bonds is 5. The summed E-state index contributed by atoms with van der Waals surface area (Å²) >= 11 is 0. The lowest BCUT2D eigenvalue weighted by atomic mass is 10.1. The zero-order valence-electron chi connectivity index (χ0n) is 12.3. The number of ether oxygens (including phenoxy) is 1. The van der Waals surface area contributed by atoms with Crippen LogP contribution in [0, 0.1) is 0 Å². The molecule has 5 nitrogen and oxygen atoms in total. The molecule has 0 bridgehead atoms. The standard InChI is InChI=1S/C16H18N2O3S/c1-21-15-4-2-3-5-16(15)22(19,20)18-9-12-6-7-13-10-17-11-14(13)8-12/h2-8,17-18H,9-11H2,1H3. The van der Waals surface area contributed by atoms with E-state index in [9.17, 15) is 8.42 Å². The molecule has 0 atom stereocenters. The summed E-state index contributed by atoms with van der Waals surface area (Å²) in [7, 11) is -2.15. The molecule has 0 unspecified atom stereocenters. The monoisotopic (exact) mass is 318 g/mol. The summed E-state index contributed by atoms with van der Waals surface area (Å²) in [6.07, 6.45) is 0. The first-order chi connectivity index (χ1) is 10.6. The Bertz CT molecular complexity index is 788. The van der Waals surface area contributed by atoms with Crippen molar-refractivity contribution in [1.29, 1.82) is 0 Å². The van der Waals surface area contributed by atoms with Gasteiger partial charge in [0.2, 0.25) is 10.0 Å². The predicted molar refractivity (Wildman–Crippen MR) is 84.0 cm³/mol. The van der Waals surface area contributed by atoms with Crippen molar-refractivity contribution in [1.82, 2.24) is 10.0 Å². The minimum absolute atomic E-state index is 0.153. The van der Waals surface area contributed by atoms with E-state index in [0.29, 0.717) is 5.75 Å². The molecule has 0 saturated heterocycles. The van der Waals surface area contributed by atoms with Gasteiger partial charge in [0.15, 0.2) is 0 Å². The Hall–Kier alpha value is -1.89. The van der Waals surface area contributed by atoms with Crippen LogP contribution < -0.4 is 14.8 Å². The van der Waals surface area contributed by atoms with Crippen LogP contribution in [0.1, 0.15) is 16.7 Å². The van der Waals surface area contributed by atoms with Gasteiger partial charge in [-0.05, 0) is 28.8 Å². The van der Waals surface area contributed by atoms with Gasteiger partial charge in [0, 0.05) is 19.6 Å². The average molecular weight is 318 g/mol. The first-order valence-corrected chi connectivity index (χ1v) is 8.52. The van der Waals surface area contributed by atoms with E-state index in [1.165, 1.54) is 24.3 Å². The summed E-state index contributed by atoms with van der Waals surface area (Å²) in [6, 6.07) is 12.6. The molecule has 22 heavy (non-hydrogen) atoms. The summed E-state index contributed by atoms with van der Waals surface area (Å²) in [5.41, 5.74) is 3.45. The quantitative estimate of drug-likeness (QED) is 0.882. The number of methoxy groups -OCH3 is 1. The molecule has 0 amide bonds. The topological polar surface area (TPSA) is 67.4 Å². The highest BCUT2D eigenvalue weighted by molar-refractivity contribution is 7.89. The van der Waals surface area contributed by atoms with Crippen molar-refractivity contribution in [2.45, 2.75) is 24.5 Å². The lowest BCUT2D eigenvalue weighted by molar-refractivity contribution is 0.402. The molecule has 0 radical (unpaired) electrons. The molecular formula is C16H18N2O3S. The number of benzene rings is 2. The first kappa shape index (κ1) is 15.0. The van der Waals surface area contributed by atoms with Crippen LogP contribution in [0.3, 0.4) is 0 Å². The Morgan fingerprint density at radius 1 is 1.14 bits per heavy atom. The largest absolute Gasteiger partial charge is 0.495 e. The summed E-state index contributed by atoms with van der Waals surface area (Å²) < 4.78 is 32.6. The van der Waals surface area contributed by atoms with E-state index in [2.05, 4.69) is 10.0 Å². The van der Waals surface area contributed by atoms with Crippen LogP contribution in [0.2, 0.25) is 0 Å². The molecule has 0 fully saturated rings. The molecule has 1 aliphatic heterocycles.